The fraction of sp³-hybridized carbons (Fsp3) is 0.522. The van der Waals surface area contributed by atoms with E-state index in [0.717, 1.165) is 48.1 Å². The first-order valence-electron chi connectivity index (χ1n) is 10.9. The number of carbonyl (C=O) groups excluding carboxylic acids is 2. The number of urea groups is 1. The van der Waals surface area contributed by atoms with Gasteiger partial charge in [-0.05, 0) is 62.9 Å². The molecule has 4 rings (SSSR count). The molecular formula is C23H29ClN4O2S. The number of hydrogen-bond acceptors (Lipinski definition) is 5. The predicted octanol–water partition coefficient (Wildman–Crippen LogP) is 4.26. The van der Waals surface area contributed by atoms with Crippen molar-refractivity contribution in [1.29, 1.82) is 0 Å². The average molecular weight is 461 g/mol. The van der Waals surface area contributed by atoms with Gasteiger partial charge in [-0.2, -0.15) is 0 Å². The second-order valence-electron chi connectivity index (χ2n) is 8.50. The Balaban J connectivity index is 1.38. The molecule has 0 bridgehead atoms. The van der Waals surface area contributed by atoms with E-state index in [2.05, 4.69) is 27.3 Å². The number of aromatic nitrogens is 1. The second-order valence-corrected chi connectivity index (χ2v) is 9.88. The lowest BCUT2D eigenvalue weighted by Crippen LogP contribution is -2.55. The van der Waals surface area contributed by atoms with Gasteiger partial charge in [-0.3, -0.25) is 14.6 Å². The molecule has 8 heteroatoms. The van der Waals surface area contributed by atoms with Crippen LogP contribution in [0.1, 0.15) is 42.3 Å². The summed E-state index contributed by atoms with van der Waals surface area (Å²) in [6.45, 7) is 7.09. The van der Waals surface area contributed by atoms with Crippen LogP contribution in [0.5, 0.6) is 0 Å². The topological polar surface area (TPSA) is 65.5 Å². The molecule has 166 valence electrons. The normalized spacial score (nSPS) is 22.9. The summed E-state index contributed by atoms with van der Waals surface area (Å²) in [5.41, 5.74) is 3.26. The lowest BCUT2D eigenvalue weighted by molar-refractivity contribution is -0.134. The van der Waals surface area contributed by atoms with Gasteiger partial charge in [0.1, 0.15) is 5.54 Å². The van der Waals surface area contributed by atoms with Crippen LogP contribution in [0.2, 0.25) is 5.02 Å². The van der Waals surface area contributed by atoms with Crippen LogP contribution < -0.4 is 5.32 Å². The van der Waals surface area contributed by atoms with Gasteiger partial charge in [-0.25, -0.2) is 9.78 Å². The van der Waals surface area contributed by atoms with Crippen LogP contribution in [-0.2, 0) is 17.8 Å². The summed E-state index contributed by atoms with van der Waals surface area (Å²) in [7, 11) is 0. The first-order chi connectivity index (χ1) is 14.9. The Bertz CT molecular complexity index is 939. The van der Waals surface area contributed by atoms with Crippen molar-refractivity contribution >= 4 is 34.9 Å². The van der Waals surface area contributed by atoms with E-state index in [1.54, 1.807) is 11.3 Å². The highest BCUT2D eigenvalue weighted by molar-refractivity contribution is 7.09. The van der Waals surface area contributed by atoms with Gasteiger partial charge in [0.2, 0.25) is 0 Å². The molecule has 1 aromatic heterocycles. The predicted molar refractivity (Wildman–Crippen MR) is 123 cm³/mol. The molecule has 31 heavy (non-hydrogen) atoms. The number of amides is 3. The summed E-state index contributed by atoms with van der Waals surface area (Å²) in [5.74, 6) is 0.101. The maximum Gasteiger partial charge on any atom is 0.325 e. The molecule has 0 radical (unpaired) electrons. The molecule has 1 atom stereocenters. The van der Waals surface area contributed by atoms with Gasteiger partial charge in [-0.15, -0.1) is 11.3 Å². The zero-order chi connectivity index (χ0) is 22.0. The Labute approximate surface area is 192 Å². The summed E-state index contributed by atoms with van der Waals surface area (Å²) in [6, 6.07) is 7.71. The van der Waals surface area contributed by atoms with Crippen molar-refractivity contribution in [3.8, 4) is 0 Å². The van der Waals surface area contributed by atoms with Crippen molar-refractivity contribution in [3.63, 3.8) is 0 Å². The highest BCUT2D eigenvalue weighted by Gasteiger charge is 2.54. The van der Waals surface area contributed by atoms with E-state index in [1.807, 2.05) is 31.5 Å². The number of nitrogens with zero attached hydrogens (tertiary/aromatic N) is 3. The number of nitrogens with one attached hydrogen (secondary N) is 1. The fourth-order valence-electron chi connectivity index (χ4n) is 4.86. The lowest BCUT2D eigenvalue weighted by Gasteiger charge is -2.40. The number of benzene rings is 1. The lowest BCUT2D eigenvalue weighted by atomic mass is 9.75. The number of rotatable bonds is 7. The largest absolute Gasteiger partial charge is 0.325 e. The van der Waals surface area contributed by atoms with E-state index in [1.165, 1.54) is 10.5 Å². The number of halogens is 1. The zero-order valence-corrected chi connectivity index (χ0v) is 19.6. The molecule has 2 fully saturated rings. The van der Waals surface area contributed by atoms with Crippen LogP contribution in [-0.4, -0.2) is 51.9 Å². The fourth-order valence-corrected chi connectivity index (χ4v) is 5.76. The number of piperidine rings is 1. The molecule has 0 saturated carbocycles. The van der Waals surface area contributed by atoms with Crippen molar-refractivity contribution in [2.45, 2.75) is 51.6 Å². The SMILES string of the molecule is CCC1(C2CCN(Cc3ccc(Cl)cc3)CC2)NC(=O)N(CCc2scnc2C)C1=O. The molecule has 1 unspecified atom stereocenters. The van der Waals surface area contributed by atoms with Crippen LogP contribution in [0.4, 0.5) is 4.79 Å². The maximum absolute atomic E-state index is 13.4. The second kappa shape index (κ2) is 9.27. The van der Waals surface area contributed by atoms with Crippen molar-refractivity contribution in [2.75, 3.05) is 19.6 Å². The minimum Gasteiger partial charge on any atom is -0.323 e. The molecule has 0 aliphatic carbocycles. The van der Waals surface area contributed by atoms with Crippen molar-refractivity contribution in [2.24, 2.45) is 5.92 Å². The molecule has 2 aliphatic heterocycles. The summed E-state index contributed by atoms with van der Waals surface area (Å²) < 4.78 is 0. The molecule has 0 spiro atoms. The molecule has 3 amide bonds. The smallest absolute Gasteiger partial charge is 0.323 e. The highest BCUT2D eigenvalue weighted by atomic mass is 35.5. The van der Waals surface area contributed by atoms with E-state index in [4.69, 9.17) is 11.6 Å². The average Bonchev–Trinajstić information content (AvgIpc) is 3.29. The van der Waals surface area contributed by atoms with Gasteiger partial charge < -0.3 is 5.32 Å². The van der Waals surface area contributed by atoms with Crippen molar-refractivity contribution in [3.05, 3.63) is 50.9 Å². The molecule has 2 aliphatic rings. The number of carbonyl (C=O) groups is 2. The van der Waals surface area contributed by atoms with Crippen LogP contribution in [0.3, 0.4) is 0 Å². The van der Waals surface area contributed by atoms with Gasteiger partial charge in [0.05, 0.1) is 11.2 Å². The minimum absolute atomic E-state index is 0.0571. The number of imide groups is 1. The first kappa shape index (κ1) is 22.2. The summed E-state index contributed by atoms with van der Waals surface area (Å²) in [5, 5.41) is 3.84. The van der Waals surface area contributed by atoms with Gasteiger partial charge >= 0.3 is 6.03 Å². The number of aryl methyl sites for hydroxylation is 1. The summed E-state index contributed by atoms with van der Waals surface area (Å²) in [6.07, 6.45) is 3.08. The minimum atomic E-state index is -0.772. The van der Waals surface area contributed by atoms with Gasteiger partial charge in [0.15, 0.2) is 0 Å². The summed E-state index contributed by atoms with van der Waals surface area (Å²) >= 11 is 7.56. The van der Waals surface area contributed by atoms with E-state index in [9.17, 15) is 9.59 Å². The number of hydrogen-bond donors (Lipinski definition) is 1. The quantitative estimate of drug-likeness (QED) is 0.627. The van der Waals surface area contributed by atoms with Crippen LogP contribution in [0.15, 0.2) is 29.8 Å². The Morgan fingerprint density at radius 3 is 2.55 bits per heavy atom. The van der Waals surface area contributed by atoms with E-state index in [-0.39, 0.29) is 17.9 Å². The van der Waals surface area contributed by atoms with E-state index >= 15 is 0 Å². The van der Waals surface area contributed by atoms with Gasteiger partial charge in [-0.1, -0.05) is 30.7 Å². The zero-order valence-electron chi connectivity index (χ0n) is 18.1. The van der Waals surface area contributed by atoms with Crippen LogP contribution in [0, 0.1) is 12.8 Å². The molecule has 1 N–H and O–H groups in total. The Hall–Kier alpha value is -1.96. The molecule has 1 aromatic carbocycles. The third-order valence-electron chi connectivity index (χ3n) is 6.77. The number of likely N-dealkylation sites (tertiary alicyclic amines) is 1. The number of thiazole rings is 1. The first-order valence-corrected chi connectivity index (χ1v) is 12.2. The van der Waals surface area contributed by atoms with Crippen molar-refractivity contribution in [1.82, 2.24) is 20.1 Å². The third-order valence-corrected chi connectivity index (χ3v) is 8.02. The molecule has 2 aromatic rings. The van der Waals surface area contributed by atoms with Crippen LogP contribution in [0.25, 0.3) is 0 Å². The maximum atomic E-state index is 13.4. The molecule has 3 heterocycles. The molecule has 2 saturated heterocycles. The van der Waals surface area contributed by atoms with Gasteiger partial charge in [0, 0.05) is 29.4 Å². The Kier molecular flexibility index (Phi) is 6.65. The third kappa shape index (κ3) is 4.49. The van der Waals surface area contributed by atoms with Gasteiger partial charge in [0.25, 0.3) is 5.91 Å². The van der Waals surface area contributed by atoms with Crippen LogP contribution >= 0.6 is 22.9 Å². The molecule has 6 nitrogen and oxygen atoms in total. The van der Waals surface area contributed by atoms with E-state index in [0.29, 0.717) is 19.4 Å². The molecular weight excluding hydrogens is 432 g/mol. The standard InChI is InChI=1S/C23H29ClN4O2S/c1-3-23(18-8-11-27(12-9-18)14-17-4-6-19(24)7-5-17)21(29)28(22(30)26-23)13-10-20-16(2)25-15-31-20/h4-7,15,18H,3,8-14H2,1-2H3,(H,26,30). The van der Waals surface area contributed by atoms with E-state index < -0.39 is 5.54 Å². The summed E-state index contributed by atoms with van der Waals surface area (Å²) in [4.78, 5) is 35.4. The highest BCUT2D eigenvalue weighted by Crippen LogP contribution is 2.36. The van der Waals surface area contributed by atoms with Crippen molar-refractivity contribution < 1.29 is 9.59 Å². The Morgan fingerprint density at radius 2 is 1.94 bits per heavy atom. The monoisotopic (exact) mass is 460 g/mol. The Morgan fingerprint density at radius 1 is 1.23 bits per heavy atom.